The van der Waals surface area contributed by atoms with Gasteiger partial charge in [0.25, 0.3) is 5.92 Å². The summed E-state index contributed by atoms with van der Waals surface area (Å²) in [7, 11) is 0. The number of piperidine rings is 1. The van der Waals surface area contributed by atoms with Crippen LogP contribution in [0.3, 0.4) is 0 Å². The summed E-state index contributed by atoms with van der Waals surface area (Å²) >= 11 is 0. The van der Waals surface area contributed by atoms with Crippen LogP contribution in [0.1, 0.15) is 64.5 Å². The number of hydrogen-bond acceptors (Lipinski definition) is 2. The van der Waals surface area contributed by atoms with Gasteiger partial charge in [-0.2, -0.15) is 0 Å². The first-order valence-electron chi connectivity index (χ1n) is 8.99. The molecule has 1 aromatic carbocycles. The van der Waals surface area contributed by atoms with Gasteiger partial charge >= 0.3 is 0 Å². The van der Waals surface area contributed by atoms with Crippen molar-refractivity contribution in [3.8, 4) is 0 Å². The molecule has 1 N–H and O–H groups in total. The van der Waals surface area contributed by atoms with Crippen molar-refractivity contribution in [3.05, 3.63) is 35.4 Å². The maximum Gasteiger partial charge on any atom is 0.270 e. The Hall–Kier alpha value is -1.00. The molecule has 1 aliphatic heterocycles. The maximum atomic E-state index is 13.4. The van der Waals surface area contributed by atoms with Crippen LogP contribution in [0.5, 0.6) is 0 Å². The molecule has 136 valence electrons. The van der Waals surface area contributed by atoms with Gasteiger partial charge < -0.3 is 10.0 Å². The Morgan fingerprint density at radius 1 is 1.08 bits per heavy atom. The minimum Gasteiger partial charge on any atom is -0.390 e. The van der Waals surface area contributed by atoms with Gasteiger partial charge in [-0.25, -0.2) is 8.78 Å². The van der Waals surface area contributed by atoms with E-state index in [4.69, 9.17) is 0 Å². The van der Waals surface area contributed by atoms with Gasteiger partial charge in [-0.1, -0.05) is 38.1 Å². The van der Waals surface area contributed by atoms with Crippen LogP contribution in [0.2, 0.25) is 0 Å². The van der Waals surface area contributed by atoms with E-state index in [1.807, 2.05) is 19.1 Å². The summed E-state index contributed by atoms with van der Waals surface area (Å²) in [5.74, 6) is -2.79. The van der Waals surface area contributed by atoms with Gasteiger partial charge in [0.1, 0.15) is 0 Å². The molecule has 2 rings (SSSR count). The normalized spacial score (nSPS) is 21.5. The van der Waals surface area contributed by atoms with Crippen molar-refractivity contribution in [2.75, 3.05) is 19.6 Å². The summed E-state index contributed by atoms with van der Waals surface area (Å²) in [5.41, 5.74) is 0.665. The number of likely N-dealkylation sites (tertiary alicyclic amines) is 1. The third-order valence-electron chi connectivity index (χ3n) is 5.78. The number of alkyl halides is 2. The van der Waals surface area contributed by atoms with Crippen LogP contribution in [-0.2, 0) is 11.3 Å². The van der Waals surface area contributed by atoms with Crippen LogP contribution < -0.4 is 0 Å². The van der Waals surface area contributed by atoms with E-state index in [1.165, 1.54) is 0 Å². The molecule has 1 aliphatic rings. The fourth-order valence-corrected chi connectivity index (χ4v) is 3.35. The highest BCUT2D eigenvalue weighted by Gasteiger charge is 2.31. The zero-order valence-electron chi connectivity index (χ0n) is 15.4. The first kappa shape index (κ1) is 19.3. The smallest absolute Gasteiger partial charge is 0.270 e. The van der Waals surface area contributed by atoms with Crippen molar-refractivity contribution >= 4 is 0 Å². The van der Waals surface area contributed by atoms with E-state index in [-0.39, 0.29) is 11.0 Å². The molecule has 1 unspecified atom stereocenters. The molecule has 1 atom stereocenters. The predicted octanol–water partition coefficient (Wildman–Crippen LogP) is 4.70. The van der Waals surface area contributed by atoms with Crippen molar-refractivity contribution in [1.82, 2.24) is 4.90 Å². The molecule has 0 spiro atoms. The SMILES string of the molecule is CCC(C)(CCN1CCC(C)(O)CC1)c1ccc(C(C)(F)F)cc1. The van der Waals surface area contributed by atoms with Crippen molar-refractivity contribution in [2.45, 2.75) is 70.3 Å². The van der Waals surface area contributed by atoms with Crippen LogP contribution in [0.15, 0.2) is 24.3 Å². The highest BCUT2D eigenvalue weighted by molar-refractivity contribution is 5.30. The fraction of sp³-hybridized carbons (Fsp3) is 0.700. The molecule has 1 heterocycles. The van der Waals surface area contributed by atoms with Crippen LogP contribution in [-0.4, -0.2) is 35.2 Å². The number of benzene rings is 1. The van der Waals surface area contributed by atoms with E-state index < -0.39 is 11.5 Å². The van der Waals surface area contributed by atoms with E-state index >= 15 is 0 Å². The lowest BCUT2D eigenvalue weighted by Gasteiger charge is -2.38. The van der Waals surface area contributed by atoms with Crippen LogP contribution in [0.25, 0.3) is 0 Å². The molecule has 0 bridgehead atoms. The predicted molar refractivity (Wildman–Crippen MR) is 94.6 cm³/mol. The summed E-state index contributed by atoms with van der Waals surface area (Å²) in [6, 6.07) is 6.83. The lowest BCUT2D eigenvalue weighted by atomic mass is 9.76. The molecule has 0 aromatic heterocycles. The van der Waals surface area contributed by atoms with E-state index in [9.17, 15) is 13.9 Å². The number of rotatable bonds is 6. The second kappa shape index (κ2) is 7.09. The summed E-state index contributed by atoms with van der Waals surface area (Å²) in [5, 5.41) is 10.0. The van der Waals surface area contributed by atoms with Crippen molar-refractivity contribution in [3.63, 3.8) is 0 Å². The van der Waals surface area contributed by atoms with Gasteiger partial charge in [-0.3, -0.25) is 0 Å². The van der Waals surface area contributed by atoms with E-state index in [1.54, 1.807) is 12.1 Å². The number of hydrogen-bond donors (Lipinski definition) is 1. The second-order valence-electron chi connectivity index (χ2n) is 7.97. The van der Waals surface area contributed by atoms with Crippen molar-refractivity contribution in [1.29, 1.82) is 0 Å². The molecule has 1 saturated heterocycles. The zero-order chi connectivity index (χ0) is 18.0. The minimum absolute atomic E-state index is 0.0124. The standard InChI is InChI=1S/C20H31F2NO/c1-5-18(2,10-13-23-14-11-19(3,24)12-15-23)16-6-8-17(9-7-16)20(4,21)22/h6-9,24H,5,10-15H2,1-4H3. The Labute approximate surface area is 144 Å². The molecule has 4 heteroatoms. The third-order valence-corrected chi connectivity index (χ3v) is 5.78. The molecular formula is C20H31F2NO. The maximum absolute atomic E-state index is 13.4. The Bertz CT molecular complexity index is 526. The Kier molecular flexibility index (Phi) is 5.71. The molecule has 1 aromatic rings. The molecule has 0 aliphatic carbocycles. The zero-order valence-corrected chi connectivity index (χ0v) is 15.4. The highest BCUT2D eigenvalue weighted by Crippen LogP contribution is 2.34. The highest BCUT2D eigenvalue weighted by atomic mass is 19.3. The minimum atomic E-state index is -2.79. The van der Waals surface area contributed by atoms with Crippen LogP contribution in [0.4, 0.5) is 8.78 Å². The largest absolute Gasteiger partial charge is 0.390 e. The van der Waals surface area contributed by atoms with Crippen LogP contribution in [0, 0.1) is 0 Å². The third kappa shape index (κ3) is 4.76. The first-order chi connectivity index (χ1) is 11.1. The Morgan fingerprint density at radius 3 is 2.04 bits per heavy atom. The molecule has 0 saturated carbocycles. The van der Waals surface area contributed by atoms with Gasteiger partial charge in [0, 0.05) is 25.6 Å². The summed E-state index contributed by atoms with van der Waals surface area (Å²) in [6.45, 7) is 10.0. The monoisotopic (exact) mass is 339 g/mol. The molecular weight excluding hydrogens is 308 g/mol. The number of nitrogens with zero attached hydrogens (tertiary/aromatic N) is 1. The van der Waals surface area contributed by atoms with Gasteiger partial charge in [0.05, 0.1) is 5.60 Å². The molecule has 1 fully saturated rings. The van der Waals surface area contributed by atoms with Crippen molar-refractivity contribution < 1.29 is 13.9 Å². The molecule has 24 heavy (non-hydrogen) atoms. The quantitative estimate of drug-likeness (QED) is 0.812. The van der Waals surface area contributed by atoms with Gasteiger partial charge in [-0.15, -0.1) is 0 Å². The summed E-state index contributed by atoms with van der Waals surface area (Å²) in [6.07, 6.45) is 3.60. The number of aliphatic hydroxyl groups is 1. The average molecular weight is 339 g/mol. The molecule has 0 radical (unpaired) electrons. The van der Waals surface area contributed by atoms with Gasteiger partial charge in [-0.05, 0) is 50.1 Å². The topological polar surface area (TPSA) is 23.5 Å². The Morgan fingerprint density at radius 2 is 1.58 bits per heavy atom. The summed E-state index contributed by atoms with van der Waals surface area (Å²) in [4.78, 5) is 2.40. The van der Waals surface area contributed by atoms with Crippen molar-refractivity contribution in [2.24, 2.45) is 0 Å². The lowest BCUT2D eigenvalue weighted by molar-refractivity contribution is -0.00668. The second-order valence-corrected chi connectivity index (χ2v) is 7.97. The van der Waals surface area contributed by atoms with E-state index in [2.05, 4.69) is 18.7 Å². The van der Waals surface area contributed by atoms with E-state index in [0.29, 0.717) is 0 Å². The molecule has 0 amide bonds. The van der Waals surface area contributed by atoms with E-state index in [0.717, 1.165) is 57.8 Å². The van der Waals surface area contributed by atoms with Crippen LogP contribution >= 0.6 is 0 Å². The van der Waals surface area contributed by atoms with Gasteiger partial charge in [0.2, 0.25) is 0 Å². The van der Waals surface area contributed by atoms with Gasteiger partial charge in [0.15, 0.2) is 0 Å². The average Bonchev–Trinajstić information content (AvgIpc) is 2.53. The number of halogens is 2. The first-order valence-corrected chi connectivity index (χ1v) is 8.99. The lowest BCUT2D eigenvalue weighted by Crippen LogP contribution is -2.43. The fourth-order valence-electron chi connectivity index (χ4n) is 3.35. The summed E-state index contributed by atoms with van der Waals surface area (Å²) < 4.78 is 26.8. The Balaban J connectivity index is 2.00. The molecule has 2 nitrogen and oxygen atoms in total.